The van der Waals surface area contributed by atoms with Gasteiger partial charge in [-0.25, -0.2) is 14.9 Å². The molecule has 4 rings (SSSR count). The molecule has 1 aliphatic heterocycles. The van der Waals surface area contributed by atoms with Crippen molar-refractivity contribution in [3.63, 3.8) is 0 Å². The highest BCUT2D eigenvalue weighted by molar-refractivity contribution is 5.69. The molecule has 1 aliphatic rings. The Kier molecular flexibility index (Phi) is 4.59. The molecule has 0 aliphatic carbocycles. The summed E-state index contributed by atoms with van der Waals surface area (Å²) in [4.78, 5) is 44.6. The van der Waals surface area contributed by atoms with Crippen molar-refractivity contribution in [1.29, 1.82) is 0 Å². The van der Waals surface area contributed by atoms with Crippen molar-refractivity contribution in [2.24, 2.45) is 14.1 Å². The van der Waals surface area contributed by atoms with Crippen molar-refractivity contribution in [2.75, 3.05) is 37.6 Å². The summed E-state index contributed by atoms with van der Waals surface area (Å²) in [6.07, 6.45) is 3.28. The van der Waals surface area contributed by atoms with Gasteiger partial charge in [-0.1, -0.05) is 0 Å². The van der Waals surface area contributed by atoms with E-state index in [0.29, 0.717) is 17.7 Å². The van der Waals surface area contributed by atoms with E-state index in [-0.39, 0.29) is 16.8 Å². The lowest BCUT2D eigenvalue weighted by atomic mass is 10.3. The summed E-state index contributed by atoms with van der Waals surface area (Å²) in [5, 5.41) is 6.23. The Morgan fingerprint density at radius 1 is 1.04 bits per heavy atom. The van der Waals surface area contributed by atoms with Gasteiger partial charge in [0.25, 0.3) is 11.1 Å². The topological polar surface area (TPSA) is 114 Å². The Morgan fingerprint density at radius 3 is 2.50 bits per heavy atom. The molecule has 0 bridgehead atoms. The first-order chi connectivity index (χ1) is 13.5. The Bertz CT molecular complexity index is 1180. The number of nitrogens with one attached hydrogen (secondary N) is 1. The molecule has 1 fully saturated rings. The van der Waals surface area contributed by atoms with Crippen molar-refractivity contribution in [3.8, 4) is 0 Å². The molecule has 0 saturated carbocycles. The number of aromatic amines is 1. The molecule has 1 saturated heterocycles. The van der Waals surface area contributed by atoms with Gasteiger partial charge in [0.05, 0.1) is 18.2 Å². The number of H-pyrrole nitrogens is 1. The number of rotatable bonds is 4. The highest BCUT2D eigenvalue weighted by Crippen LogP contribution is 2.13. The number of anilines is 1. The predicted octanol–water partition coefficient (Wildman–Crippen LogP) is -1.66. The van der Waals surface area contributed by atoms with Crippen LogP contribution in [0.15, 0.2) is 33.0 Å². The van der Waals surface area contributed by atoms with E-state index >= 15 is 0 Å². The fourth-order valence-electron chi connectivity index (χ4n) is 3.58. The maximum Gasteiger partial charge on any atom is 0.332 e. The summed E-state index contributed by atoms with van der Waals surface area (Å²) < 4.78 is 4.31. The molecule has 3 aromatic heterocycles. The van der Waals surface area contributed by atoms with Gasteiger partial charge in [0, 0.05) is 59.4 Å². The molecule has 4 heterocycles. The third-order valence-electron chi connectivity index (χ3n) is 5.26. The molecule has 148 valence electrons. The third-order valence-corrected chi connectivity index (χ3v) is 5.26. The number of hydrogen-bond donors (Lipinski definition) is 1. The highest BCUT2D eigenvalue weighted by Gasteiger charge is 2.19. The molecule has 0 aromatic carbocycles. The van der Waals surface area contributed by atoms with Crippen LogP contribution in [-0.4, -0.2) is 66.5 Å². The van der Waals surface area contributed by atoms with Crippen molar-refractivity contribution < 1.29 is 0 Å². The Balaban J connectivity index is 1.44. The fraction of sp³-hybridized carbons (Fsp3) is 0.471. The number of hydrogen-bond acceptors (Lipinski definition) is 7. The molecule has 0 atom stereocenters. The normalized spacial score (nSPS) is 15.4. The van der Waals surface area contributed by atoms with Gasteiger partial charge < -0.3 is 9.47 Å². The summed E-state index contributed by atoms with van der Waals surface area (Å²) in [5.74, 6) is 0. The summed E-state index contributed by atoms with van der Waals surface area (Å²) >= 11 is 0. The summed E-state index contributed by atoms with van der Waals surface area (Å²) in [5.41, 5.74) is 0.754. The average Bonchev–Trinajstić information content (AvgIpc) is 3.13. The van der Waals surface area contributed by atoms with E-state index in [1.165, 1.54) is 11.6 Å². The molecule has 11 nitrogen and oxygen atoms in total. The van der Waals surface area contributed by atoms with Gasteiger partial charge in [-0.2, -0.15) is 5.10 Å². The van der Waals surface area contributed by atoms with Crippen molar-refractivity contribution in [2.45, 2.75) is 6.54 Å². The third kappa shape index (κ3) is 3.13. The minimum atomic E-state index is -0.381. The summed E-state index contributed by atoms with van der Waals surface area (Å²) in [6, 6.07) is 1.56. The highest BCUT2D eigenvalue weighted by atomic mass is 16.2. The molecule has 1 N–H and O–H groups in total. The van der Waals surface area contributed by atoms with E-state index in [0.717, 1.165) is 43.0 Å². The Labute approximate surface area is 159 Å². The zero-order chi connectivity index (χ0) is 19.8. The first-order valence-corrected chi connectivity index (χ1v) is 9.08. The average molecular weight is 386 g/mol. The van der Waals surface area contributed by atoms with Crippen LogP contribution in [0, 0.1) is 0 Å². The van der Waals surface area contributed by atoms with Gasteiger partial charge in [0.1, 0.15) is 0 Å². The minimum Gasteiger partial charge on any atom is -0.368 e. The van der Waals surface area contributed by atoms with E-state index in [1.807, 2.05) is 4.57 Å². The van der Waals surface area contributed by atoms with Crippen LogP contribution in [0.1, 0.15) is 0 Å². The van der Waals surface area contributed by atoms with Gasteiger partial charge in [-0.3, -0.25) is 23.6 Å². The van der Waals surface area contributed by atoms with Gasteiger partial charge in [0.2, 0.25) is 0 Å². The monoisotopic (exact) mass is 386 g/mol. The number of nitrogens with zero attached hydrogens (tertiary/aromatic N) is 7. The van der Waals surface area contributed by atoms with Crippen molar-refractivity contribution in [1.82, 2.24) is 33.8 Å². The molecular formula is C17H22N8O3. The zero-order valence-corrected chi connectivity index (χ0v) is 15.8. The molecule has 0 unspecified atom stereocenters. The Hall–Kier alpha value is -3.21. The van der Waals surface area contributed by atoms with Crippen LogP contribution in [0.4, 0.5) is 5.69 Å². The first kappa shape index (κ1) is 18.2. The standard InChI is InChI=1S/C17H22N8O3/c1-21-15-14(16(27)22(2)17(21)28)25(11-18-15)8-5-23-3-6-24(7-4-23)12-9-13(26)20-19-10-12/h9-11H,3-8H2,1-2H3,(H,20,26). The summed E-state index contributed by atoms with van der Waals surface area (Å²) in [6.45, 7) is 4.65. The first-order valence-electron chi connectivity index (χ1n) is 9.08. The van der Waals surface area contributed by atoms with E-state index in [2.05, 4.69) is 25.0 Å². The van der Waals surface area contributed by atoms with Crippen LogP contribution < -0.4 is 21.7 Å². The number of fused-ring (bicyclic) bond motifs is 1. The van der Waals surface area contributed by atoms with Gasteiger partial charge in [0.15, 0.2) is 11.2 Å². The number of aryl methyl sites for hydroxylation is 1. The van der Waals surface area contributed by atoms with Gasteiger partial charge in [-0.15, -0.1) is 0 Å². The lowest BCUT2D eigenvalue weighted by Gasteiger charge is -2.35. The molecule has 3 aromatic rings. The quantitative estimate of drug-likeness (QED) is 0.571. The van der Waals surface area contributed by atoms with Gasteiger partial charge >= 0.3 is 5.69 Å². The lowest BCUT2D eigenvalue weighted by Crippen LogP contribution is -2.47. The van der Waals surface area contributed by atoms with Crippen LogP contribution in [0.25, 0.3) is 11.2 Å². The van der Waals surface area contributed by atoms with E-state index in [9.17, 15) is 14.4 Å². The summed E-state index contributed by atoms with van der Waals surface area (Å²) in [7, 11) is 3.09. The van der Waals surface area contributed by atoms with Crippen LogP contribution in [-0.2, 0) is 20.6 Å². The SMILES string of the molecule is Cn1c(=O)c2c(ncn2CCN2CCN(c3cn[nH]c(=O)c3)CC2)n(C)c1=O. The number of aromatic nitrogens is 6. The second kappa shape index (κ2) is 7.08. The number of imidazole rings is 1. The molecular weight excluding hydrogens is 364 g/mol. The maximum absolute atomic E-state index is 12.5. The van der Waals surface area contributed by atoms with E-state index < -0.39 is 0 Å². The minimum absolute atomic E-state index is 0.206. The fourth-order valence-corrected chi connectivity index (χ4v) is 3.58. The van der Waals surface area contributed by atoms with Crippen LogP contribution >= 0.6 is 0 Å². The number of piperazine rings is 1. The maximum atomic E-state index is 12.5. The van der Waals surface area contributed by atoms with Crippen LogP contribution in [0.2, 0.25) is 0 Å². The second-order valence-corrected chi connectivity index (χ2v) is 6.95. The molecule has 0 radical (unpaired) electrons. The van der Waals surface area contributed by atoms with Crippen molar-refractivity contribution >= 4 is 16.9 Å². The van der Waals surface area contributed by atoms with E-state index in [1.54, 1.807) is 25.6 Å². The van der Waals surface area contributed by atoms with Crippen molar-refractivity contribution in [3.05, 3.63) is 49.8 Å². The second-order valence-electron chi connectivity index (χ2n) is 6.95. The lowest BCUT2D eigenvalue weighted by molar-refractivity contribution is 0.249. The molecule has 0 spiro atoms. The Morgan fingerprint density at radius 2 is 1.79 bits per heavy atom. The van der Waals surface area contributed by atoms with Crippen LogP contribution in [0.3, 0.4) is 0 Å². The largest absolute Gasteiger partial charge is 0.368 e. The molecule has 28 heavy (non-hydrogen) atoms. The van der Waals surface area contributed by atoms with E-state index in [4.69, 9.17) is 0 Å². The smallest absolute Gasteiger partial charge is 0.332 e. The molecule has 11 heteroatoms. The molecule has 0 amide bonds. The zero-order valence-electron chi connectivity index (χ0n) is 15.8. The predicted molar refractivity (Wildman–Crippen MR) is 104 cm³/mol. The van der Waals surface area contributed by atoms with Gasteiger partial charge in [-0.05, 0) is 0 Å². The van der Waals surface area contributed by atoms with Crippen LogP contribution in [0.5, 0.6) is 0 Å².